The van der Waals surface area contributed by atoms with Crippen molar-refractivity contribution in [3.63, 3.8) is 0 Å². The van der Waals surface area contributed by atoms with E-state index in [1.54, 1.807) is 0 Å². The molecule has 1 heterocycles. The van der Waals surface area contributed by atoms with Gasteiger partial charge in [-0.1, -0.05) is 39.8 Å². The molecule has 3 nitrogen and oxygen atoms in total. The average Bonchev–Trinajstić information content (AvgIpc) is 2.68. The Labute approximate surface area is 131 Å². The van der Waals surface area contributed by atoms with E-state index in [1.165, 1.54) is 5.52 Å². The maximum absolute atomic E-state index is 12.2. The van der Waals surface area contributed by atoms with Crippen LogP contribution in [-0.2, 0) is 17.9 Å². The molecule has 110 valence electrons. The van der Waals surface area contributed by atoms with Gasteiger partial charge in [-0.25, -0.2) is 9.13 Å². The van der Waals surface area contributed by atoms with E-state index in [0.717, 1.165) is 18.5 Å². The monoisotopic (exact) mass is 339 g/mol. The van der Waals surface area contributed by atoms with Crippen LogP contribution in [-0.4, -0.2) is 10.4 Å². The van der Waals surface area contributed by atoms with Crippen LogP contribution in [0.2, 0.25) is 0 Å². The molecule has 0 unspecified atom stereocenters. The molecule has 0 spiro atoms. The first-order chi connectivity index (χ1) is 8.93. The first-order valence-electron chi connectivity index (χ1n) is 6.94. The summed E-state index contributed by atoms with van der Waals surface area (Å²) in [5, 5.41) is 0. The van der Waals surface area contributed by atoms with Crippen LogP contribution in [0.15, 0.2) is 30.6 Å². The van der Waals surface area contributed by atoms with E-state index in [0.29, 0.717) is 6.54 Å². The first-order valence-corrected chi connectivity index (χ1v) is 6.94. The quantitative estimate of drug-likeness (QED) is 0.782. The predicted octanol–water partition coefficient (Wildman–Crippen LogP) is 3.53. The molecule has 0 N–H and O–H groups in total. The Hall–Kier alpha value is -1.16. The normalized spacial score (nSPS) is 11.4. The highest BCUT2D eigenvalue weighted by molar-refractivity contribution is 8.93. The zero-order valence-electron chi connectivity index (χ0n) is 12.7. The number of carbonyl (C=O) groups excluding carboxylic acids is 1. The number of halogens is 1. The number of fused-ring (bicyclic) bond motifs is 1. The Morgan fingerprint density at radius 1 is 1.25 bits per heavy atom. The Bertz CT molecular complexity index is 596. The lowest BCUT2D eigenvalue weighted by atomic mass is 9.91. The molecule has 0 saturated heterocycles. The average molecular weight is 340 g/mol. The van der Waals surface area contributed by atoms with Crippen molar-refractivity contribution in [1.29, 1.82) is 0 Å². The summed E-state index contributed by atoms with van der Waals surface area (Å²) in [6.07, 6.45) is 3.16. The lowest BCUT2D eigenvalue weighted by Gasteiger charge is -2.14. The minimum Gasteiger partial charge on any atom is -0.295 e. The fourth-order valence-electron chi connectivity index (χ4n) is 2.18. The van der Waals surface area contributed by atoms with E-state index < -0.39 is 0 Å². The number of Topliss-reactive ketones (excluding diaryl/α,β-unsaturated/α-hetero) is 1. The van der Waals surface area contributed by atoms with Crippen molar-refractivity contribution >= 4 is 33.8 Å². The molecule has 0 saturated carbocycles. The molecule has 1 aromatic carbocycles. The second kappa shape index (κ2) is 6.53. The molecule has 0 amide bonds. The zero-order chi connectivity index (χ0) is 14.0. The summed E-state index contributed by atoms with van der Waals surface area (Å²) < 4.78 is 4.30. The number of aromatic nitrogens is 2. The van der Waals surface area contributed by atoms with Gasteiger partial charge in [0.1, 0.15) is 6.54 Å². The topological polar surface area (TPSA) is 25.9 Å². The van der Waals surface area contributed by atoms with Gasteiger partial charge in [0.15, 0.2) is 16.8 Å². The lowest BCUT2D eigenvalue weighted by molar-refractivity contribution is -0.659. The number of carbonyl (C=O) groups is 1. The van der Waals surface area contributed by atoms with Crippen molar-refractivity contribution in [1.82, 2.24) is 4.57 Å². The van der Waals surface area contributed by atoms with Gasteiger partial charge in [-0.05, 0) is 18.6 Å². The molecule has 0 atom stereocenters. The molecule has 2 rings (SSSR count). The highest BCUT2D eigenvalue weighted by atomic mass is 79.9. The second-order valence-corrected chi connectivity index (χ2v) is 6.10. The van der Waals surface area contributed by atoms with Gasteiger partial charge in [0.2, 0.25) is 6.33 Å². The van der Waals surface area contributed by atoms with Crippen molar-refractivity contribution < 1.29 is 9.36 Å². The maximum atomic E-state index is 12.2. The number of imidazole rings is 1. The van der Waals surface area contributed by atoms with E-state index in [4.69, 9.17) is 0 Å². The summed E-state index contributed by atoms with van der Waals surface area (Å²) in [5.74, 6) is 0.261. The minimum atomic E-state index is -0.291. The third-order valence-corrected chi connectivity index (χ3v) is 3.39. The second-order valence-electron chi connectivity index (χ2n) is 6.10. The molecule has 0 fully saturated rings. The van der Waals surface area contributed by atoms with E-state index in [9.17, 15) is 4.79 Å². The standard InChI is InChI=1S/C16H23N2O.BrH/c1-5-10-17-12-18(11-15(19)16(2,3)4)14-9-7-6-8-13(14)17;/h6-9,12H,5,10-11H2,1-4H3;1H/q+1;. The van der Waals surface area contributed by atoms with Gasteiger partial charge in [0.05, 0.1) is 6.54 Å². The van der Waals surface area contributed by atoms with Gasteiger partial charge in [0.25, 0.3) is 0 Å². The summed E-state index contributed by atoms with van der Waals surface area (Å²) in [5.41, 5.74) is 2.04. The fraction of sp³-hybridized carbons (Fsp3) is 0.500. The number of rotatable bonds is 4. The molecule has 1 aromatic heterocycles. The van der Waals surface area contributed by atoms with E-state index in [-0.39, 0.29) is 28.2 Å². The van der Waals surface area contributed by atoms with Gasteiger partial charge >= 0.3 is 0 Å². The molecular weight excluding hydrogens is 316 g/mol. The van der Waals surface area contributed by atoms with Crippen molar-refractivity contribution in [2.24, 2.45) is 5.41 Å². The van der Waals surface area contributed by atoms with Crippen LogP contribution in [0.1, 0.15) is 34.1 Å². The number of hydrogen-bond donors (Lipinski definition) is 0. The number of ketones is 1. The number of aryl methyl sites for hydroxylation is 1. The molecule has 2 aromatic rings. The Morgan fingerprint density at radius 3 is 2.50 bits per heavy atom. The predicted molar refractivity (Wildman–Crippen MR) is 87.2 cm³/mol. The summed E-state index contributed by atoms with van der Waals surface area (Å²) >= 11 is 0. The lowest BCUT2D eigenvalue weighted by Crippen LogP contribution is -2.41. The molecular formula is C16H24BrN2O+. The first kappa shape index (κ1) is 16.9. The summed E-state index contributed by atoms with van der Waals surface area (Å²) in [6.45, 7) is 9.51. The van der Waals surface area contributed by atoms with E-state index >= 15 is 0 Å². The smallest absolute Gasteiger partial charge is 0.245 e. The molecule has 4 heteroatoms. The summed E-state index contributed by atoms with van der Waals surface area (Å²) in [4.78, 5) is 12.2. The number of para-hydroxylation sites is 2. The van der Waals surface area contributed by atoms with Crippen LogP contribution in [0.3, 0.4) is 0 Å². The molecule has 0 bridgehead atoms. The van der Waals surface area contributed by atoms with Gasteiger partial charge in [-0.15, -0.1) is 17.0 Å². The molecule has 0 aliphatic rings. The van der Waals surface area contributed by atoms with Gasteiger partial charge < -0.3 is 0 Å². The van der Waals surface area contributed by atoms with Gasteiger partial charge in [-0.2, -0.15) is 0 Å². The third-order valence-electron chi connectivity index (χ3n) is 3.39. The highest BCUT2D eigenvalue weighted by Gasteiger charge is 2.25. The largest absolute Gasteiger partial charge is 0.295 e. The van der Waals surface area contributed by atoms with Crippen LogP contribution in [0, 0.1) is 5.41 Å². The molecule has 20 heavy (non-hydrogen) atoms. The SMILES string of the molecule is Br.CCCn1c[n+](CC(=O)C(C)(C)C)c2ccccc21. The van der Waals surface area contributed by atoms with Gasteiger partial charge in [0, 0.05) is 5.41 Å². The van der Waals surface area contributed by atoms with E-state index in [1.807, 2.05) is 32.9 Å². The zero-order valence-corrected chi connectivity index (χ0v) is 14.4. The number of benzene rings is 1. The van der Waals surface area contributed by atoms with Crippen molar-refractivity contribution in [3.05, 3.63) is 30.6 Å². The number of nitrogens with zero attached hydrogens (tertiary/aromatic N) is 2. The van der Waals surface area contributed by atoms with E-state index in [2.05, 4.69) is 34.5 Å². The number of hydrogen-bond acceptors (Lipinski definition) is 1. The minimum absolute atomic E-state index is 0. The Kier molecular flexibility index (Phi) is 5.51. The van der Waals surface area contributed by atoms with Crippen LogP contribution in [0.5, 0.6) is 0 Å². The van der Waals surface area contributed by atoms with Crippen LogP contribution in [0.25, 0.3) is 11.0 Å². The van der Waals surface area contributed by atoms with Crippen molar-refractivity contribution in [3.8, 4) is 0 Å². The van der Waals surface area contributed by atoms with Crippen molar-refractivity contribution in [2.75, 3.05) is 0 Å². The summed E-state index contributed by atoms with van der Waals surface area (Å²) in [7, 11) is 0. The molecule has 0 aliphatic carbocycles. The molecule has 0 aliphatic heterocycles. The van der Waals surface area contributed by atoms with Crippen LogP contribution >= 0.6 is 17.0 Å². The van der Waals surface area contributed by atoms with Crippen LogP contribution in [0.4, 0.5) is 0 Å². The molecule has 0 radical (unpaired) electrons. The maximum Gasteiger partial charge on any atom is 0.245 e. The van der Waals surface area contributed by atoms with Gasteiger partial charge in [-0.3, -0.25) is 4.79 Å². The summed E-state index contributed by atoms with van der Waals surface area (Å²) in [6, 6.07) is 8.27. The fourth-order valence-corrected chi connectivity index (χ4v) is 2.18. The van der Waals surface area contributed by atoms with Crippen LogP contribution < -0.4 is 4.57 Å². The van der Waals surface area contributed by atoms with Crippen molar-refractivity contribution in [2.45, 2.75) is 47.2 Å². The highest BCUT2D eigenvalue weighted by Crippen LogP contribution is 2.16. The third kappa shape index (κ3) is 3.48. The Morgan fingerprint density at radius 2 is 1.90 bits per heavy atom. The Balaban J connectivity index is 0.00000200.